The first-order valence-electron chi connectivity index (χ1n) is 12.9. The highest BCUT2D eigenvalue weighted by Gasteiger charge is 2.30. The number of carbonyl (C=O) groups is 1. The van der Waals surface area contributed by atoms with Crippen LogP contribution in [0.15, 0.2) is 6.07 Å². The number of nitrogens with zero attached hydrogens (tertiary/aromatic N) is 3. The maximum absolute atomic E-state index is 13.2. The van der Waals surface area contributed by atoms with Gasteiger partial charge in [-0.1, -0.05) is 19.3 Å². The topological polar surface area (TPSA) is 62.2 Å². The number of carbonyl (C=O) groups excluding carboxylic acids is 1. The molecule has 0 aromatic carbocycles. The number of nitrogens with one attached hydrogen (secondary N) is 2. The van der Waals surface area contributed by atoms with E-state index < -0.39 is 0 Å². The van der Waals surface area contributed by atoms with Crippen molar-refractivity contribution in [3.05, 3.63) is 16.6 Å². The maximum Gasteiger partial charge on any atom is 0.261 e. The van der Waals surface area contributed by atoms with Crippen LogP contribution in [-0.2, 0) is 0 Å². The largest absolute Gasteiger partial charge is 0.349 e. The van der Waals surface area contributed by atoms with Gasteiger partial charge in [-0.2, -0.15) is 5.10 Å². The summed E-state index contributed by atoms with van der Waals surface area (Å²) in [6.07, 6.45) is 12.2. The van der Waals surface area contributed by atoms with Gasteiger partial charge in [-0.05, 0) is 77.9 Å². The van der Waals surface area contributed by atoms with Crippen molar-refractivity contribution in [3.63, 3.8) is 0 Å². The van der Waals surface area contributed by atoms with Gasteiger partial charge >= 0.3 is 0 Å². The molecule has 3 heterocycles. The van der Waals surface area contributed by atoms with Crippen LogP contribution in [-0.4, -0.2) is 58.3 Å². The monoisotopic (exact) mass is 457 g/mol. The molecule has 7 heteroatoms. The van der Waals surface area contributed by atoms with Crippen LogP contribution < -0.4 is 10.6 Å². The second-order valence-corrected chi connectivity index (χ2v) is 11.4. The molecule has 2 aliphatic carbocycles. The van der Waals surface area contributed by atoms with Crippen LogP contribution in [0.3, 0.4) is 0 Å². The van der Waals surface area contributed by atoms with Gasteiger partial charge in [0, 0.05) is 30.1 Å². The first-order valence-corrected chi connectivity index (χ1v) is 13.7. The lowest BCUT2D eigenvalue weighted by molar-refractivity contribution is 0.0895. The Kier molecular flexibility index (Phi) is 6.86. The van der Waals surface area contributed by atoms with Gasteiger partial charge in [0.2, 0.25) is 0 Å². The standard InChI is InChI=1S/C25H39N5OS/c1-17-16-29(13-7-12-26-17)21-11-6-8-19(14-21)27-24(31)23-15-22-18(2)28-30(25(22)32-23)20-9-4-3-5-10-20/h15,17,19-21,26H,3-14,16H2,1-2H3,(H,27,31)/t17?,19-,21-/m1/s1. The number of thiophene rings is 1. The van der Waals surface area contributed by atoms with E-state index >= 15 is 0 Å². The Morgan fingerprint density at radius 3 is 2.78 bits per heavy atom. The fraction of sp³-hybridized carbons (Fsp3) is 0.760. The molecule has 0 spiro atoms. The molecule has 1 aliphatic heterocycles. The third-order valence-corrected chi connectivity index (χ3v) is 8.96. The summed E-state index contributed by atoms with van der Waals surface area (Å²) in [5, 5.41) is 13.0. The lowest BCUT2D eigenvalue weighted by Crippen LogP contribution is -2.48. The van der Waals surface area contributed by atoms with Crippen molar-refractivity contribution in [2.24, 2.45) is 0 Å². The fourth-order valence-electron chi connectivity index (χ4n) is 6.11. The zero-order chi connectivity index (χ0) is 22.1. The van der Waals surface area contributed by atoms with E-state index in [0.29, 0.717) is 18.1 Å². The number of aromatic nitrogens is 2. The molecule has 0 radical (unpaired) electrons. The second-order valence-electron chi connectivity index (χ2n) is 10.3. The van der Waals surface area contributed by atoms with E-state index in [1.807, 2.05) is 0 Å². The van der Waals surface area contributed by atoms with Crippen LogP contribution >= 0.6 is 11.3 Å². The van der Waals surface area contributed by atoms with Gasteiger partial charge in [-0.25, -0.2) is 0 Å². The van der Waals surface area contributed by atoms with Gasteiger partial charge in [0.15, 0.2) is 0 Å². The number of hydrogen-bond donors (Lipinski definition) is 2. The van der Waals surface area contributed by atoms with Crippen LogP contribution in [0.1, 0.15) is 92.5 Å². The normalized spacial score (nSPS) is 28.6. The van der Waals surface area contributed by atoms with E-state index in [2.05, 4.69) is 40.1 Å². The molecule has 32 heavy (non-hydrogen) atoms. The summed E-state index contributed by atoms with van der Waals surface area (Å²) in [6.45, 7) is 7.79. The predicted octanol–water partition coefficient (Wildman–Crippen LogP) is 4.64. The van der Waals surface area contributed by atoms with Gasteiger partial charge in [0.05, 0.1) is 16.6 Å². The Bertz CT molecular complexity index is 930. The van der Waals surface area contributed by atoms with Gasteiger partial charge in [-0.15, -0.1) is 11.3 Å². The van der Waals surface area contributed by atoms with E-state index in [1.165, 1.54) is 68.1 Å². The minimum atomic E-state index is 0.109. The molecule has 3 fully saturated rings. The van der Waals surface area contributed by atoms with Gasteiger partial charge < -0.3 is 10.6 Å². The van der Waals surface area contributed by atoms with E-state index in [9.17, 15) is 4.79 Å². The van der Waals surface area contributed by atoms with Gasteiger partial charge in [0.25, 0.3) is 5.91 Å². The Balaban J connectivity index is 1.26. The summed E-state index contributed by atoms with van der Waals surface area (Å²) < 4.78 is 2.23. The number of aryl methyl sites for hydroxylation is 1. The number of amides is 1. The van der Waals surface area contributed by atoms with Crippen LogP contribution in [0.4, 0.5) is 0 Å². The first-order chi connectivity index (χ1) is 15.6. The highest BCUT2D eigenvalue weighted by molar-refractivity contribution is 7.20. The molecular formula is C25H39N5OS. The lowest BCUT2D eigenvalue weighted by Gasteiger charge is -2.38. The minimum absolute atomic E-state index is 0.109. The Morgan fingerprint density at radius 1 is 1.12 bits per heavy atom. The molecular weight excluding hydrogens is 418 g/mol. The highest BCUT2D eigenvalue weighted by atomic mass is 32.1. The summed E-state index contributed by atoms with van der Waals surface area (Å²) in [6, 6.07) is 4.02. The minimum Gasteiger partial charge on any atom is -0.349 e. The Hall–Kier alpha value is -1.44. The number of rotatable bonds is 4. The van der Waals surface area contributed by atoms with Crippen molar-refractivity contribution in [2.45, 2.75) is 102 Å². The SMILES string of the molecule is Cc1nn(C2CCCCC2)c2sc(C(=O)N[C@@H]3CCC[C@@H](N4CCCNC(C)C4)C3)cc12. The molecule has 3 atom stereocenters. The smallest absolute Gasteiger partial charge is 0.261 e. The summed E-state index contributed by atoms with van der Waals surface area (Å²) in [7, 11) is 0. The van der Waals surface area contributed by atoms with Crippen molar-refractivity contribution < 1.29 is 4.79 Å². The highest BCUT2D eigenvalue weighted by Crippen LogP contribution is 2.35. The fourth-order valence-corrected chi connectivity index (χ4v) is 7.25. The van der Waals surface area contributed by atoms with Crippen molar-refractivity contribution in [2.75, 3.05) is 19.6 Å². The molecule has 176 valence electrons. The van der Waals surface area contributed by atoms with Crippen LogP contribution in [0.25, 0.3) is 10.2 Å². The molecule has 2 saturated carbocycles. The van der Waals surface area contributed by atoms with Crippen molar-refractivity contribution in [3.8, 4) is 0 Å². The van der Waals surface area contributed by atoms with E-state index in [0.717, 1.165) is 36.5 Å². The van der Waals surface area contributed by atoms with Crippen molar-refractivity contribution in [1.29, 1.82) is 0 Å². The molecule has 1 unspecified atom stereocenters. The number of fused-ring (bicyclic) bond motifs is 1. The van der Waals surface area contributed by atoms with Crippen molar-refractivity contribution in [1.82, 2.24) is 25.3 Å². The third-order valence-electron chi connectivity index (χ3n) is 7.83. The average Bonchev–Trinajstić information content (AvgIpc) is 3.29. The zero-order valence-electron chi connectivity index (χ0n) is 19.7. The maximum atomic E-state index is 13.2. The van der Waals surface area contributed by atoms with E-state index in [1.54, 1.807) is 11.3 Å². The van der Waals surface area contributed by atoms with E-state index in [4.69, 9.17) is 5.10 Å². The van der Waals surface area contributed by atoms with Crippen molar-refractivity contribution >= 4 is 27.5 Å². The molecule has 0 bridgehead atoms. The molecule has 6 nitrogen and oxygen atoms in total. The van der Waals surface area contributed by atoms with Gasteiger partial charge in [0.1, 0.15) is 4.83 Å². The van der Waals surface area contributed by atoms with Crippen LogP contribution in [0.2, 0.25) is 0 Å². The lowest BCUT2D eigenvalue weighted by atomic mass is 9.89. The second kappa shape index (κ2) is 9.82. The quantitative estimate of drug-likeness (QED) is 0.702. The Morgan fingerprint density at radius 2 is 1.94 bits per heavy atom. The van der Waals surface area contributed by atoms with E-state index in [-0.39, 0.29) is 11.9 Å². The predicted molar refractivity (Wildman–Crippen MR) is 132 cm³/mol. The molecule has 3 aliphatic rings. The summed E-state index contributed by atoms with van der Waals surface area (Å²) in [5.74, 6) is 0.109. The molecule has 2 aromatic heterocycles. The summed E-state index contributed by atoms with van der Waals surface area (Å²) in [4.78, 5) is 17.9. The molecule has 1 saturated heterocycles. The Labute approximate surface area is 196 Å². The third kappa shape index (κ3) is 4.75. The van der Waals surface area contributed by atoms with Gasteiger partial charge in [-0.3, -0.25) is 14.4 Å². The molecule has 1 amide bonds. The number of hydrogen-bond acceptors (Lipinski definition) is 5. The van der Waals surface area contributed by atoms with Crippen LogP contribution in [0.5, 0.6) is 0 Å². The summed E-state index contributed by atoms with van der Waals surface area (Å²) in [5.41, 5.74) is 1.06. The zero-order valence-corrected chi connectivity index (χ0v) is 20.6. The van der Waals surface area contributed by atoms with Crippen LogP contribution in [0, 0.1) is 6.92 Å². The first kappa shape index (κ1) is 22.4. The molecule has 2 N–H and O–H groups in total. The summed E-state index contributed by atoms with van der Waals surface area (Å²) >= 11 is 1.64. The molecule has 2 aromatic rings. The molecule has 5 rings (SSSR count). The average molecular weight is 458 g/mol.